The molecule has 4 aromatic carbocycles. The Bertz CT molecular complexity index is 1800. The molecule has 1 aliphatic carbocycles. The smallest absolute Gasteiger partial charge is 0.264 e. The van der Waals surface area contributed by atoms with Crippen molar-refractivity contribution in [1.82, 2.24) is 10.2 Å². The van der Waals surface area contributed by atoms with Crippen molar-refractivity contribution in [3.05, 3.63) is 125 Å². The summed E-state index contributed by atoms with van der Waals surface area (Å²) in [6.45, 7) is 1.46. The highest BCUT2D eigenvalue weighted by atomic mass is 35.5. The third-order valence-corrected chi connectivity index (χ3v) is 10.9. The van der Waals surface area contributed by atoms with Gasteiger partial charge >= 0.3 is 0 Å². The molecule has 48 heavy (non-hydrogen) atoms. The SMILES string of the molecule is COc1ccc(Cl)cc1N(CC(=O)N(Cc1ccccc1C)[C@@H](Cc1ccccc1)C(=O)NC1CCCCC1)S(=O)(=O)c1ccccc1. The molecule has 0 heterocycles. The number of hydrogen-bond donors (Lipinski definition) is 1. The Labute approximate surface area is 288 Å². The van der Waals surface area contributed by atoms with Gasteiger partial charge in [-0.25, -0.2) is 8.42 Å². The third-order valence-electron chi connectivity index (χ3n) is 8.84. The topological polar surface area (TPSA) is 96.0 Å². The van der Waals surface area contributed by atoms with Gasteiger partial charge in [0.05, 0.1) is 17.7 Å². The number of ether oxygens (including phenoxy) is 1. The van der Waals surface area contributed by atoms with E-state index in [-0.39, 0.29) is 46.3 Å². The quantitative estimate of drug-likeness (QED) is 0.164. The summed E-state index contributed by atoms with van der Waals surface area (Å²) in [5, 5.41) is 3.51. The van der Waals surface area contributed by atoms with Crippen molar-refractivity contribution in [2.75, 3.05) is 18.0 Å². The Morgan fingerprint density at radius 1 is 0.896 bits per heavy atom. The number of sulfonamides is 1. The molecule has 0 aliphatic heterocycles. The molecule has 0 spiro atoms. The molecule has 0 unspecified atom stereocenters. The predicted octanol–water partition coefficient (Wildman–Crippen LogP) is 6.94. The maximum absolute atomic E-state index is 14.8. The van der Waals surface area contributed by atoms with Crippen LogP contribution in [0.15, 0.2) is 108 Å². The molecular weight excluding hydrogens is 646 g/mol. The molecule has 0 aromatic heterocycles. The van der Waals surface area contributed by atoms with Crippen LogP contribution in [0.5, 0.6) is 5.75 Å². The first-order valence-electron chi connectivity index (χ1n) is 16.3. The average Bonchev–Trinajstić information content (AvgIpc) is 3.10. The monoisotopic (exact) mass is 687 g/mol. The summed E-state index contributed by atoms with van der Waals surface area (Å²) in [4.78, 5) is 30.6. The number of carbonyl (C=O) groups excluding carboxylic acids is 2. The van der Waals surface area contributed by atoms with Crippen LogP contribution in [0.3, 0.4) is 0 Å². The van der Waals surface area contributed by atoms with E-state index in [0.29, 0.717) is 0 Å². The molecule has 252 valence electrons. The summed E-state index contributed by atoms with van der Waals surface area (Å²) in [7, 11) is -2.87. The molecule has 4 aromatic rings. The van der Waals surface area contributed by atoms with E-state index in [1.807, 2.05) is 61.5 Å². The number of methoxy groups -OCH3 is 1. The summed E-state index contributed by atoms with van der Waals surface area (Å²) in [6, 6.07) is 28.9. The molecule has 0 bridgehead atoms. The van der Waals surface area contributed by atoms with Crippen LogP contribution in [0.4, 0.5) is 5.69 Å². The summed E-state index contributed by atoms with van der Waals surface area (Å²) in [5.41, 5.74) is 2.80. The zero-order chi connectivity index (χ0) is 34.1. The number of aryl methyl sites for hydroxylation is 1. The van der Waals surface area contributed by atoms with Crippen LogP contribution in [0.2, 0.25) is 5.02 Å². The van der Waals surface area contributed by atoms with Crippen LogP contribution >= 0.6 is 11.6 Å². The molecule has 8 nitrogen and oxygen atoms in total. The number of amides is 2. The van der Waals surface area contributed by atoms with Crippen molar-refractivity contribution >= 4 is 39.1 Å². The van der Waals surface area contributed by atoms with Gasteiger partial charge in [0.2, 0.25) is 11.8 Å². The van der Waals surface area contributed by atoms with Crippen LogP contribution in [0.1, 0.15) is 48.8 Å². The van der Waals surface area contributed by atoms with E-state index in [1.54, 1.807) is 30.3 Å². The number of benzene rings is 4. The fraction of sp³-hybridized carbons (Fsp3) is 0.316. The maximum Gasteiger partial charge on any atom is 0.264 e. The first kappa shape index (κ1) is 35.0. The predicted molar refractivity (Wildman–Crippen MR) is 190 cm³/mol. The second-order valence-corrected chi connectivity index (χ2v) is 14.4. The summed E-state index contributed by atoms with van der Waals surface area (Å²) in [5.74, 6) is -0.571. The Morgan fingerprint density at radius 2 is 1.54 bits per heavy atom. The Balaban J connectivity index is 1.60. The minimum absolute atomic E-state index is 0.00107. The number of hydrogen-bond acceptors (Lipinski definition) is 5. The van der Waals surface area contributed by atoms with Crippen LogP contribution in [0, 0.1) is 6.92 Å². The highest BCUT2D eigenvalue weighted by Crippen LogP contribution is 2.35. The van der Waals surface area contributed by atoms with Crippen molar-refractivity contribution in [3.63, 3.8) is 0 Å². The van der Waals surface area contributed by atoms with E-state index in [2.05, 4.69) is 5.32 Å². The lowest BCUT2D eigenvalue weighted by molar-refractivity contribution is -0.140. The van der Waals surface area contributed by atoms with Crippen molar-refractivity contribution < 1.29 is 22.7 Å². The average molecular weight is 688 g/mol. The molecule has 0 radical (unpaired) electrons. The van der Waals surface area contributed by atoms with Gasteiger partial charge < -0.3 is 15.0 Å². The van der Waals surface area contributed by atoms with Gasteiger partial charge in [-0.05, 0) is 66.8 Å². The largest absolute Gasteiger partial charge is 0.495 e. The summed E-state index contributed by atoms with van der Waals surface area (Å²) < 4.78 is 35.2. The molecular formula is C38H42ClN3O5S. The molecule has 5 rings (SSSR count). The molecule has 1 saturated carbocycles. The van der Waals surface area contributed by atoms with Gasteiger partial charge in [0.15, 0.2) is 0 Å². The number of nitrogens with zero attached hydrogens (tertiary/aromatic N) is 2. The molecule has 10 heteroatoms. The van der Waals surface area contributed by atoms with E-state index in [4.69, 9.17) is 16.3 Å². The molecule has 1 atom stereocenters. The summed E-state index contributed by atoms with van der Waals surface area (Å²) >= 11 is 6.39. The Kier molecular flexibility index (Phi) is 11.8. The standard InChI is InChI=1S/C38H42ClN3O5S/c1-28-14-12-13-17-30(28)26-41(35(24-29-15-6-3-7-16-29)38(44)40-32-18-8-4-9-19-32)37(43)27-42(34-25-31(39)22-23-36(34)47-2)48(45,46)33-20-10-5-11-21-33/h3,5-7,10-17,20-23,25,32,35H,4,8-9,18-19,24,26-27H2,1-2H3,(H,40,44)/t35-/m0/s1. The highest BCUT2D eigenvalue weighted by molar-refractivity contribution is 7.92. The maximum atomic E-state index is 14.8. The second-order valence-electron chi connectivity index (χ2n) is 12.1. The van der Waals surface area contributed by atoms with Crippen LogP contribution in [-0.2, 0) is 32.6 Å². The van der Waals surface area contributed by atoms with Crippen molar-refractivity contribution in [1.29, 1.82) is 0 Å². The van der Waals surface area contributed by atoms with Crippen LogP contribution < -0.4 is 14.4 Å². The Morgan fingerprint density at radius 3 is 2.21 bits per heavy atom. The number of halogens is 1. The fourth-order valence-electron chi connectivity index (χ4n) is 6.16. The van der Waals surface area contributed by atoms with Crippen molar-refractivity contribution in [2.24, 2.45) is 0 Å². The lowest BCUT2D eigenvalue weighted by Gasteiger charge is -2.35. The van der Waals surface area contributed by atoms with Gasteiger partial charge in [0.25, 0.3) is 10.0 Å². The van der Waals surface area contributed by atoms with E-state index in [9.17, 15) is 18.0 Å². The Hall–Kier alpha value is -4.34. The molecule has 0 saturated heterocycles. The van der Waals surface area contributed by atoms with Gasteiger partial charge in [-0.3, -0.25) is 13.9 Å². The van der Waals surface area contributed by atoms with Gasteiger partial charge in [-0.2, -0.15) is 0 Å². The molecule has 2 amide bonds. The molecule has 1 N–H and O–H groups in total. The van der Waals surface area contributed by atoms with Gasteiger partial charge in [0.1, 0.15) is 18.3 Å². The molecule has 1 fully saturated rings. The first-order chi connectivity index (χ1) is 23.2. The number of rotatable bonds is 13. The fourth-order valence-corrected chi connectivity index (χ4v) is 7.76. The lowest BCUT2D eigenvalue weighted by atomic mass is 9.94. The first-order valence-corrected chi connectivity index (χ1v) is 18.1. The number of nitrogens with one attached hydrogen (secondary N) is 1. The third kappa shape index (κ3) is 8.57. The van der Waals surface area contributed by atoms with Gasteiger partial charge in [-0.15, -0.1) is 0 Å². The summed E-state index contributed by atoms with van der Waals surface area (Å²) in [6.07, 6.45) is 5.22. The van der Waals surface area contributed by atoms with E-state index in [1.165, 1.54) is 30.2 Å². The van der Waals surface area contributed by atoms with E-state index < -0.39 is 28.5 Å². The number of anilines is 1. The van der Waals surface area contributed by atoms with Gasteiger partial charge in [0, 0.05) is 24.0 Å². The number of carbonyl (C=O) groups is 2. The molecule has 1 aliphatic rings. The minimum Gasteiger partial charge on any atom is -0.495 e. The zero-order valence-electron chi connectivity index (χ0n) is 27.3. The minimum atomic E-state index is -4.29. The van der Waals surface area contributed by atoms with Crippen molar-refractivity contribution in [3.8, 4) is 5.75 Å². The van der Waals surface area contributed by atoms with E-state index in [0.717, 1.165) is 53.1 Å². The van der Waals surface area contributed by atoms with Crippen LogP contribution in [0.25, 0.3) is 0 Å². The van der Waals surface area contributed by atoms with E-state index >= 15 is 0 Å². The highest BCUT2D eigenvalue weighted by Gasteiger charge is 2.36. The normalized spacial score (nSPS) is 14.1. The van der Waals surface area contributed by atoms with Crippen molar-refractivity contribution in [2.45, 2.75) is 69.0 Å². The second kappa shape index (κ2) is 16.2. The zero-order valence-corrected chi connectivity index (χ0v) is 28.9. The van der Waals surface area contributed by atoms with Crippen LogP contribution in [-0.4, -0.2) is 50.9 Å². The lowest BCUT2D eigenvalue weighted by Crippen LogP contribution is -2.55. The van der Waals surface area contributed by atoms with Gasteiger partial charge in [-0.1, -0.05) is 104 Å².